The van der Waals surface area contributed by atoms with Gasteiger partial charge in [0, 0.05) is 6.20 Å². The molecule has 1 aromatic heterocycles. The van der Waals surface area contributed by atoms with E-state index in [9.17, 15) is 0 Å². The average molecular weight is 225 g/mol. The van der Waals surface area contributed by atoms with E-state index in [1.165, 1.54) is 11.1 Å². The van der Waals surface area contributed by atoms with E-state index < -0.39 is 0 Å². The van der Waals surface area contributed by atoms with Crippen molar-refractivity contribution >= 4 is 5.57 Å². The van der Waals surface area contributed by atoms with E-state index in [-0.39, 0.29) is 5.41 Å². The van der Waals surface area contributed by atoms with Gasteiger partial charge in [0.1, 0.15) is 0 Å². The highest BCUT2D eigenvalue weighted by atomic mass is 14.7. The molecule has 0 aliphatic heterocycles. The third-order valence-electron chi connectivity index (χ3n) is 2.95. The molecule has 1 aromatic rings. The molecule has 0 atom stereocenters. The lowest BCUT2D eigenvalue weighted by Crippen LogP contribution is -2.11. The largest absolute Gasteiger partial charge is 0.256 e. The first kappa shape index (κ1) is 11.8. The van der Waals surface area contributed by atoms with Crippen molar-refractivity contribution in [3.63, 3.8) is 0 Å². The molecule has 1 aliphatic carbocycles. The SMILES string of the molecule is CC(C)(C)c1ccc(C2=CC=CC=CC2)nc1. The molecule has 2 rings (SSSR count). The van der Waals surface area contributed by atoms with E-state index in [0.717, 1.165) is 12.1 Å². The molecule has 0 saturated carbocycles. The van der Waals surface area contributed by atoms with Gasteiger partial charge in [-0.2, -0.15) is 0 Å². The molecule has 0 bridgehead atoms. The first-order valence-corrected chi connectivity index (χ1v) is 6.06. The first-order valence-electron chi connectivity index (χ1n) is 6.06. The maximum absolute atomic E-state index is 4.57. The number of pyridine rings is 1. The van der Waals surface area contributed by atoms with E-state index in [1.54, 1.807) is 0 Å². The Morgan fingerprint density at radius 1 is 1.06 bits per heavy atom. The van der Waals surface area contributed by atoms with Gasteiger partial charge in [-0.15, -0.1) is 0 Å². The van der Waals surface area contributed by atoms with Crippen molar-refractivity contribution in [1.82, 2.24) is 4.98 Å². The summed E-state index contributed by atoms with van der Waals surface area (Å²) < 4.78 is 0. The van der Waals surface area contributed by atoms with Gasteiger partial charge in [-0.3, -0.25) is 4.98 Å². The summed E-state index contributed by atoms with van der Waals surface area (Å²) in [5.41, 5.74) is 3.80. The molecule has 0 radical (unpaired) electrons. The van der Waals surface area contributed by atoms with Crippen LogP contribution >= 0.6 is 0 Å². The van der Waals surface area contributed by atoms with Crippen LogP contribution < -0.4 is 0 Å². The van der Waals surface area contributed by atoms with Crippen molar-refractivity contribution in [3.05, 3.63) is 60.0 Å². The summed E-state index contributed by atoms with van der Waals surface area (Å²) in [6, 6.07) is 4.31. The van der Waals surface area contributed by atoms with Crippen molar-refractivity contribution in [3.8, 4) is 0 Å². The molecule has 0 N–H and O–H groups in total. The molecule has 0 fully saturated rings. The second kappa shape index (κ2) is 4.70. The van der Waals surface area contributed by atoms with Gasteiger partial charge >= 0.3 is 0 Å². The minimum absolute atomic E-state index is 0.170. The van der Waals surface area contributed by atoms with Crippen LogP contribution in [0, 0.1) is 0 Å². The monoisotopic (exact) mass is 225 g/mol. The molecule has 1 heteroatoms. The molecular formula is C16H19N. The van der Waals surface area contributed by atoms with Crippen molar-refractivity contribution in [2.75, 3.05) is 0 Å². The Morgan fingerprint density at radius 3 is 2.53 bits per heavy atom. The van der Waals surface area contributed by atoms with Crippen LogP contribution in [0.5, 0.6) is 0 Å². The Labute approximate surface area is 104 Å². The number of allylic oxidation sites excluding steroid dienone is 6. The van der Waals surface area contributed by atoms with Gasteiger partial charge in [-0.25, -0.2) is 0 Å². The van der Waals surface area contributed by atoms with Crippen LogP contribution in [0.3, 0.4) is 0 Å². The van der Waals surface area contributed by atoms with Crippen LogP contribution in [0.15, 0.2) is 48.7 Å². The van der Waals surface area contributed by atoms with Gasteiger partial charge in [0.15, 0.2) is 0 Å². The van der Waals surface area contributed by atoms with Crippen molar-refractivity contribution in [1.29, 1.82) is 0 Å². The smallest absolute Gasteiger partial charge is 0.0664 e. The average Bonchev–Trinajstić information content (AvgIpc) is 2.56. The molecule has 0 saturated heterocycles. The minimum Gasteiger partial charge on any atom is -0.256 e. The number of hydrogen-bond acceptors (Lipinski definition) is 1. The lowest BCUT2D eigenvalue weighted by atomic mass is 9.88. The van der Waals surface area contributed by atoms with Gasteiger partial charge in [0.25, 0.3) is 0 Å². The fourth-order valence-electron chi connectivity index (χ4n) is 1.79. The summed E-state index contributed by atoms with van der Waals surface area (Å²) in [6.45, 7) is 6.63. The molecule has 1 heterocycles. The summed E-state index contributed by atoms with van der Waals surface area (Å²) >= 11 is 0. The zero-order valence-corrected chi connectivity index (χ0v) is 10.8. The Balaban J connectivity index is 2.27. The fraction of sp³-hybridized carbons (Fsp3) is 0.312. The number of nitrogens with zero attached hydrogens (tertiary/aromatic N) is 1. The van der Waals surface area contributed by atoms with E-state index in [1.807, 2.05) is 6.20 Å². The van der Waals surface area contributed by atoms with Crippen LogP contribution in [-0.2, 0) is 5.41 Å². The molecule has 0 amide bonds. The lowest BCUT2D eigenvalue weighted by molar-refractivity contribution is 0.587. The van der Waals surface area contributed by atoms with Crippen LogP contribution in [0.2, 0.25) is 0 Å². The van der Waals surface area contributed by atoms with E-state index >= 15 is 0 Å². The molecule has 88 valence electrons. The maximum atomic E-state index is 4.57. The third kappa shape index (κ3) is 2.94. The van der Waals surface area contributed by atoms with Crippen molar-refractivity contribution in [2.24, 2.45) is 0 Å². The molecule has 0 aromatic carbocycles. The normalized spacial score (nSPS) is 15.6. The molecule has 1 aliphatic rings. The topological polar surface area (TPSA) is 12.9 Å². The summed E-state index contributed by atoms with van der Waals surface area (Å²) in [5, 5.41) is 0. The highest BCUT2D eigenvalue weighted by Gasteiger charge is 2.14. The predicted molar refractivity (Wildman–Crippen MR) is 73.8 cm³/mol. The number of aromatic nitrogens is 1. The van der Waals surface area contributed by atoms with Gasteiger partial charge in [-0.1, -0.05) is 57.2 Å². The summed E-state index contributed by atoms with van der Waals surface area (Å²) in [4.78, 5) is 4.57. The van der Waals surface area contributed by atoms with Gasteiger partial charge in [0.2, 0.25) is 0 Å². The Kier molecular flexibility index (Phi) is 3.28. The Hall–Kier alpha value is -1.63. The fourth-order valence-corrected chi connectivity index (χ4v) is 1.79. The summed E-state index contributed by atoms with van der Waals surface area (Å²) in [6.07, 6.45) is 13.4. The third-order valence-corrected chi connectivity index (χ3v) is 2.95. The quantitative estimate of drug-likeness (QED) is 0.695. The number of rotatable bonds is 1. The Bertz CT molecular complexity index is 467. The molecule has 17 heavy (non-hydrogen) atoms. The van der Waals surface area contributed by atoms with Gasteiger partial charge in [-0.05, 0) is 29.0 Å². The zero-order chi connectivity index (χ0) is 12.3. The summed E-state index contributed by atoms with van der Waals surface area (Å²) in [7, 11) is 0. The van der Waals surface area contributed by atoms with Crippen LogP contribution in [0.1, 0.15) is 38.4 Å². The van der Waals surface area contributed by atoms with Gasteiger partial charge < -0.3 is 0 Å². The van der Waals surface area contributed by atoms with Crippen molar-refractivity contribution in [2.45, 2.75) is 32.6 Å². The van der Waals surface area contributed by atoms with Gasteiger partial charge in [0.05, 0.1) is 5.69 Å². The lowest BCUT2D eigenvalue weighted by Gasteiger charge is -2.18. The molecule has 0 unspecified atom stereocenters. The highest BCUT2D eigenvalue weighted by molar-refractivity contribution is 5.66. The maximum Gasteiger partial charge on any atom is 0.0664 e. The first-order chi connectivity index (χ1) is 8.07. The van der Waals surface area contributed by atoms with E-state index in [0.29, 0.717) is 0 Å². The molecular weight excluding hydrogens is 206 g/mol. The zero-order valence-electron chi connectivity index (χ0n) is 10.8. The minimum atomic E-state index is 0.170. The van der Waals surface area contributed by atoms with Crippen molar-refractivity contribution < 1.29 is 0 Å². The molecule has 0 spiro atoms. The highest BCUT2D eigenvalue weighted by Crippen LogP contribution is 2.24. The van der Waals surface area contributed by atoms with E-state index in [2.05, 4.69) is 68.3 Å². The molecule has 1 nitrogen and oxygen atoms in total. The number of hydrogen-bond donors (Lipinski definition) is 0. The second-order valence-electron chi connectivity index (χ2n) is 5.39. The van der Waals surface area contributed by atoms with Crippen LogP contribution in [-0.4, -0.2) is 4.98 Å². The van der Waals surface area contributed by atoms with Crippen LogP contribution in [0.4, 0.5) is 0 Å². The summed E-state index contributed by atoms with van der Waals surface area (Å²) in [5.74, 6) is 0. The Morgan fingerprint density at radius 2 is 1.88 bits per heavy atom. The second-order valence-corrected chi connectivity index (χ2v) is 5.39. The van der Waals surface area contributed by atoms with Crippen LogP contribution in [0.25, 0.3) is 5.57 Å². The standard InChI is InChI=1S/C16H19N/c1-16(2,3)14-10-11-15(17-12-14)13-8-6-4-5-7-9-13/h4-8,10-12H,9H2,1-3H3. The van der Waals surface area contributed by atoms with E-state index in [4.69, 9.17) is 0 Å². The predicted octanol–water partition coefficient (Wildman–Crippen LogP) is 4.28.